The van der Waals surface area contributed by atoms with Crippen LogP contribution in [-0.4, -0.2) is 42.1 Å². The van der Waals surface area contributed by atoms with Gasteiger partial charge in [-0.2, -0.15) is 0 Å². The van der Waals surface area contributed by atoms with Crippen LogP contribution in [0.2, 0.25) is 10.0 Å². The second kappa shape index (κ2) is 8.98. The van der Waals surface area contributed by atoms with Crippen molar-refractivity contribution in [3.05, 3.63) is 40.4 Å². The molecular formula is C20H25Cl2NO4. The minimum Gasteiger partial charge on any atom is -0.489 e. The number of hydrogen-bond donors (Lipinski definition) is 0. The fraction of sp³-hybridized carbons (Fsp3) is 0.500. The number of ketones is 1. The molecule has 0 N–H and O–H groups in total. The van der Waals surface area contributed by atoms with Crippen molar-refractivity contribution in [3.63, 3.8) is 0 Å². The van der Waals surface area contributed by atoms with E-state index in [0.717, 1.165) is 6.42 Å². The zero-order valence-corrected chi connectivity index (χ0v) is 17.4. The monoisotopic (exact) mass is 413 g/mol. The number of ether oxygens (including phenoxy) is 2. The maximum atomic E-state index is 13.1. The molecule has 148 valence electrons. The summed E-state index contributed by atoms with van der Waals surface area (Å²) in [7, 11) is 0. The summed E-state index contributed by atoms with van der Waals surface area (Å²) >= 11 is 12.2. The van der Waals surface area contributed by atoms with E-state index < -0.39 is 11.7 Å². The summed E-state index contributed by atoms with van der Waals surface area (Å²) in [6.45, 7) is 10.2. The van der Waals surface area contributed by atoms with Crippen molar-refractivity contribution in [2.24, 2.45) is 5.92 Å². The highest BCUT2D eigenvalue weighted by atomic mass is 35.5. The predicted molar refractivity (Wildman–Crippen MR) is 107 cm³/mol. The van der Waals surface area contributed by atoms with E-state index in [2.05, 4.69) is 6.58 Å². The van der Waals surface area contributed by atoms with Gasteiger partial charge in [-0.15, -0.1) is 0 Å². The minimum atomic E-state index is -0.580. The molecular weight excluding hydrogens is 389 g/mol. The molecule has 0 radical (unpaired) electrons. The Morgan fingerprint density at radius 2 is 1.96 bits per heavy atom. The van der Waals surface area contributed by atoms with Crippen molar-refractivity contribution in [2.75, 3.05) is 19.7 Å². The number of hydrogen-bond acceptors (Lipinski definition) is 4. The van der Waals surface area contributed by atoms with Gasteiger partial charge in [-0.3, -0.25) is 4.79 Å². The minimum absolute atomic E-state index is 0.124. The lowest BCUT2D eigenvalue weighted by Gasteiger charge is -2.33. The first kappa shape index (κ1) is 21.6. The van der Waals surface area contributed by atoms with Gasteiger partial charge in [-0.25, -0.2) is 4.79 Å². The average Bonchev–Trinajstić information content (AvgIpc) is 2.60. The lowest BCUT2D eigenvalue weighted by Crippen LogP contribution is -2.44. The van der Waals surface area contributed by atoms with Crippen LogP contribution in [0.15, 0.2) is 24.8 Å². The number of benzene rings is 1. The van der Waals surface area contributed by atoms with Gasteiger partial charge in [-0.1, -0.05) is 35.9 Å². The van der Waals surface area contributed by atoms with Crippen LogP contribution in [0, 0.1) is 5.92 Å². The van der Waals surface area contributed by atoms with Gasteiger partial charge >= 0.3 is 6.09 Å². The number of nitrogens with zero attached hydrogens (tertiary/aromatic N) is 1. The van der Waals surface area contributed by atoms with Crippen molar-refractivity contribution >= 4 is 35.1 Å². The van der Waals surface area contributed by atoms with Crippen LogP contribution in [-0.2, 0) is 4.74 Å². The zero-order valence-electron chi connectivity index (χ0n) is 15.9. The Morgan fingerprint density at radius 1 is 1.30 bits per heavy atom. The van der Waals surface area contributed by atoms with Crippen LogP contribution in [0.25, 0.3) is 0 Å². The first-order valence-electron chi connectivity index (χ1n) is 8.87. The first-order valence-corrected chi connectivity index (χ1v) is 9.63. The standard InChI is InChI=1S/C20H25Cl2NO4/c1-5-9-26-17-11-16(22)15(21)10-14(17)18(24)13-7-6-8-23(12-13)19(25)27-20(2,3)4/h5,10-11,13H,1,6-9,12H2,2-4H3/t13-/m1/s1. The number of Topliss-reactive ketones (excluding diaryl/α,β-unsaturated/α-hetero) is 1. The maximum Gasteiger partial charge on any atom is 0.410 e. The molecule has 0 aliphatic carbocycles. The van der Waals surface area contributed by atoms with Gasteiger partial charge in [-0.05, 0) is 39.7 Å². The summed E-state index contributed by atoms with van der Waals surface area (Å²) in [5.74, 6) is -0.112. The molecule has 0 bridgehead atoms. The number of halogens is 2. The van der Waals surface area contributed by atoms with E-state index in [9.17, 15) is 9.59 Å². The summed E-state index contributed by atoms with van der Waals surface area (Å²) in [6, 6.07) is 3.06. The predicted octanol–water partition coefficient (Wildman–Crippen LogP) is 5.39. The number of carbonyl (C=O) groups excluding carboxylic acids is 2. The second-order valence-electron chi connectivity index (χ2n) is 7.49. The van der Waals surface area contributed by atoms with Gasteiger partial charge < -0.3 is 14.4 Å². The van der Waals surface area contributed by atoms with Crippen LogP contribution in [0.1, 0.15) is 44.0 Å². The van der Waals surface area contributed by atoms with E-state index in [1.54, 1.807) is 11.0 Å². The first-order chi connectivity index (χ1) is 12.6. The molecule has 1 aromatic rings. The molecule has 0 spiro atoms. The molecule has 0 aromatic heterocycles. The number of carbonyl (C=O) groups is 2. The van der Waals surface area contributed by atoms with E-state index in [0.29, 0.717) is 35.8 Å². The molecule has 1 atom stereocenters. The molecule has 1 aliphatic rings. The Hall–Kier alpha value is -1.72. The van der Waals surface area contributed by atoms with Crippen LogP contribution >= 0.6 is 23.2 Å². The van der Waals surface area contributed by atoms with Crippen molar-refractivity contribution in [2.45, 2.75) is 39.2 Å². The number of likely N-dealkylation sites (tertiary alicyclic amines) is 1. The molecule has 2 rings (SSSR count). The van der Waals surface area contributed by atoms with Crippen molar-refractivity contribution in [3.8, 4) is 5.75 Å². The van der Waals surface area contributed by atoms with Crippen LogP contribution in [0.3, 0.4) is 0 Å². The molecule has 1 saturated heterocycles. The Labute approximate surface area is 170 Å². The molecule has 1 fully saturated rings. The van der Waals surface area contributed by atoms with E-state index in [1.165, 1.54) is 12.1 Å². The SMILES string of the molecule is C=CCOc1cc(Cl)c(Cl)cc1C(=O)[C@@H]1CCCN(C(=O)OC(C)(C)C)C1. The van der Waals surface area contributed by atoms with Crippen molar-refractivity contribution < 1.29 is 19.1 Å². The Kier molecular flexibility index (Phi) is 7.18. The largest absolute Gasteiger partial charge is 0.489 e. The van der Waals surface area contributed by atoms with Crippen LogP contribution < -0.4 is 4.74 Å². The van der Waals surface area contributed by atoms with Gasteiger partial charge in [0.05, 0.1) is 15.6 Å². The summed E-state index contributed by atoms with van der Waals surface area (Å²) in [5, 5.41) is 0.595. The van der Waals surface area contributed by atoms with Crippen LogP contribution in [0.5, 0.6) is 5.75 Å². The Bertz CT molecular complexity index is 727. The molecule has 1 aliphatic heterocycles. The normalized spacial score (nSPS) is 17.4. The Morgan fingerprint density at radius 3 is 2.59 bits per heavy atom. The van der Waals surface area contributed by atoms with Gasteiger partial charge in [0, 0.05) is 25.1 Å². The highest BCUT2D eigenvalue weighted by Gasteiger charge is 2.32. The topological polar surface area (TPSA) is 55.8 Å². The van der Waals surface area contributed by atoms with E-state index in [1.807, 2.05) is 20.8 Å². The molecule has 27 heavy (non-hydrogen) atoms. The smallest absolute Gasteiger partial charge is 0.410 e. The van der Waals surface area contributed by atoms with E-state index in [-0.39, 0.29) is 23.3 Å². The summed E-state index contributed by atoms with van der Waals surface area (Å²) < 4.78 is 11.0. The molecule has 0 unspecified atom stereocenters. The van der Waals surface area contributed by atoms with Crippen molar-refractivity contribution in [1.82, 2.24) is 4.90 Å². The molecule has 5 nitrogen and oxygen atoms in total. The van der Waals surface area contributed by atoms with Gasteiger partial charge in [0.2, 0.25) is 0 Å². The maximum absolute atomic E-state index is 13.1. The average molecular weight is 414 g/mol. The van der Waals surface area contributed by atoms with Gasteiger partial charge in [0.25, 0.3) is 0 Å². The quantitative estimate of drug-likeness (QED) is 0.479. The molecule has 7 heteroatoms. The highest BCUT2D eigenvalue weighted by molar-refractivity contribution is 6.42. The summed E-state index contributed by atoms with van der Waals surface area (Å²) in [5.41, 5.74) is -0.217. The van der Waals surface area contributed by atoms with E-state index >= 15 is 0 Å². The third kappa shape index (κ3) is 5.88. The number of rotatable bonds is 5. The van der Waals surface area contributed by atoms with Gasteiger partial charge in [0.15, 0.2) is 5.78 Å². The second-order valence-corrected chi connectivity index (χ2v) is 8.31. The lowest BCUT2D eigenvalue weighted by atomic mass is 9.89. The third-order valence-corrected chi connectivity index (χ3v) is 4.81. The molecule has 1 heterocycles. The van der Waals surface area contributed by atoms with Gasteiger partial charge in [0.1, 0.15) is 18.0 Å². The molecule has 1 aromatic carbocycles. The lowest BCUT2D eigenvalue weighted by molar-refractivity contribution is 0.0172. The number of piperidine rings is 1. The highest BCUT2D eigenvalue weighted by Crippen LogP contribution is 2.34. The van der Waals surface area contributed by atoms with Crippen molar-refractivity contribution in [1.29, 1.82) is 0 Å². The Balaban J connectivity index is 2.20. The summed E-state index contributed by atoms with van der Waals surface area (Å²) in [4.78, 5) is 27.0. The number of amides is 1. The van der Waals surface area contributed by atoms with Crippen LogP contribution in [0.4, 0.5) is 4.79 Å². The molecule has 0 saturated carbocycles. The van der Waals surface area contributed by atoms with E-state index in [4.69, 9.17) is 32.7 Å². The fourth-order valence-corrected chi connectivity index (χ4v) is 3.21. The fourth-order valence-electron chi connectivity index (χ4n) is 2.89. The summed E-state index contributed by atoms with van der Waals surface area (Å²) in [6.07, 6.45) is 2.58. The molecule has 1 amide bonds. The zero-order chi connectivity index (χ0) is 20.2. The third-order valence-electron chi connectivity index (χ3n) is 4.09.